The topological polar surface area (TPSA) is 52.6 Å². The SMILES string of the molecule is O=C(CN1CC[C@H](O)C1)Nc1c(F)cccc1F. The summed E-state index contributed by atoms with van der Waals surface area (Å²) in [5.41, 5.74) is -0.428. The highest BCUT2D eigenvalue weighted by Gasteiger charge is 2.22. The molecule has 1 amide bonds. The Morgan fingerprint density at radius 1 is 1.44 bits per heavy atom. The summed E-state index contributed by atoms with van der Waals surface area (Å²) in [6, 6.07) is 3.40. The molecule has 1 aromatic carbocycles. The summed E-state index contributed by atoms with van der Waals surface area (Å²) in [6.07, 6.45) is 0.185. The number of nitrogens with zero attached hydrogens (tertiary/aromatic N) is 1. The zero-order chi connectivity index (χ0) is 13.1. The van der Waals surface area contributed by atoms with Gasteiger partial charge in [0.05, 0.1) is 12.6 Å². The summed E-state index contributed by atoms with van der Waals surface area (Å²) in [5, 5.41) is 11.5. The highest BCUT2D eigenvalue weighted by atomic mass is 19.1. The van der Waals surface area contributed by atoms with Gasteiger partial charge in [0, 0.05) is 13.1 Å². The number of para-hydroxylation sites is 1. The monoisotopic (exact) mass is 256 g/mol. The molecular weight excluding hydrogens is 242 g/mol. The Hall–Kier alpha value is -1.53. The molecule has 0 bridgehead atoms. The molecule has 1 fully saturated rings. The Morgan fingerprint density at radius 2 is 2.11 bits per heavy atom. The molecule has 0 aliphatic carbocycles. The van der Waals surface area contributed by atoms with E-state index in [2.05, 4.69) is 5.32 Å². The molecule has 1 aromatic rings. The summed E-state index contributed by atoms with van der Waals surface area (Å²) in [6.45, 7) is 1.03. The van der Waals surface area contributed by atoms with Crippen molar-refractivity contribution in [2.24, 2.45) is 0 Å². The summed E-state index contributed by atoms with van der Waals surface area (Å²) in [7, 11) is 0. The third kappa shape index (κ3) is 3.02. The molecule has 0 saturated carbocycles. The lowest BCUT2D eigenvalue weighted by Crippen LogP contribution is -2.32. The molecule has 1 aliphatic heterocycles. The van der Waals surface area contributed by atoms with Crippen LogP contribution in [0.25, 0.3) is 0 Å². The van der Waals surface area contributed by atoms with Crippen molar-refractivity contribution in [3.8, 4) is 0 Å². The average Bonchev–Trinajstić information content (AvgIpc) is 2.69. The molecule has 1 heterocycles. The Balaban J connectivity index is 1.95. The second-order valence-electron chi connectivity index (χ2n) is 4.32. The van der Waals surface area contributed by atoms with Crippen LogP contribution in [0.4, 0.5) is 14.5 Å². The minimum atomic E-state index is -0.801. The number of nitrogens with one attached hydrogen (secondary N) is 1. The lowest BCUT2D eigenvalue weighted by Gasteiger charge is -2.14. The number of carbonyl (C=O) groups excluding carboxylic acids is 1. The van der Waals surface area contributed by atoms with Crippen LogP contribution in [-0.4, -0.2) is 41.7 Å². The van der Waals surface area contributed by atoms with Crippen LogP contribution in [-0.2, 0) is 4.79 Å². The predicted octanol–water partition coefficient (Wildman–Crippen LogP) is 0.970. The molecule has 6 heteroatoms. The molecule has 1 saturated heterocycles. The first-order chi connectivity index (χ1) is 8.56. The van der Waals surface area contributed by atoms with Crippen molar-refractivity contribution in [1.82, 2.24) is 4.90 Å². The summed E-state index contributed by atoms with van der Waals surface area (Å²) >= 11 is 0. The number of hydrogen-bond acceptors (Lipinski definition) is 3. The summed E-state index contributed by atoms with van der Waals surface area (Å²) in [5.74, 6) is -2.09. The Labute approximate surface area is 103 Å². The number of rotatable bonds is 3. The number of β-amino-alcohol motifs (C(OH)–C–C–N with tert-alkyl or cyclic N) is 1. The Morgan fingerprint density at radius 3 is 2.67 bits per heavy atom. The molecule has 1 aliphatic rings. The minimum absolute atomic E-state index is 0.0187. The maximum absolute atomic E-state index is 13.3. The number of halogens is 2. The molecule has 0 unspecified atom stereocenters. The van der Waals surface area contributed by atoms with Crippen molar-refractivity contribution in [3.05, 3.63) is 29.8 Å². The van der Waals surface area contributed by atoms with Gasteiger partial charge in [-0.1, -0.05) is 6.07 Å². The first-order valence-corrected chi connectivity index (χ1v) is 5.70. The van der Waals surface area contributed by atoms with Gasteiger partial charge in [-0.3, -0.25) is 9.69 Å². The van der Waals surface area contributed by atoms with Crippen LogP contribution in [0.1, 0.15) is 6.42 Å². The fourth-order valence-electron chi connectivity index (χ4n) is 1.96. The van der Waals surface area contributed by atoms with Gasteiger partial charge in [-0.2, -0.15) is 0 Å². The normalized spacial score (nSPS) is 20.1. The quantitative estimate of drug-likeness (QED) is 0.847. The first-order valence-electron chi connectivity index (χ1n) is 5.70. The predicted molar refractivity (Wildman–Crippen MR) is 62.1 cm³/mol. The van der Waals surface area contributed by atoms with E-state index in [9.17, 15) is 18.7 Å². The molecular formula is C12H14F2N2O2. The number of likely N-dealkylation sites (tertiary alicyclic amines) is 1. The number of anilines is 1. The molecule has 0 aromatic heterocycles. The van der Waals surface area contributed by atoms with Crippen molar-refractivity contribution in [1.29, 1.82) is 0 Å². The highest BCUT2D eigenvalue weighted by Crippen LogP contribution is 2.18. The van der Waals surface area contributed by atoms with E-state index < -0.39 is 29.3 Å². The molecule has 1 atom stereocenters. The van der Waals surface area contributed by atoms with Crippen molar-refractivity contribution in [2.75, 3.05) is 25.0 Å². The van der Waals surface area contributed by atoms with Gasteiger partial charge in [-0.25, -0.2) is 8.78 Å². The van der Waals surface area contributed by atoms with Crippen LogP contribution >= 0.6 is 0 Å². The summed E-state index contributed by atoms with van der Waals surface area (Å²) < 4.78 is 26.6. The molecule has 98 valence electrons. The zero-order valence-electron chi connectivity index (χ0n) is 9.70. The van der Waals surface area contributed by atoms with Crippen LogP contribution in [0.2, 0.25) is 0 Å². The average molecular weight is 256 g/mol. The van der Waals surface area contributed by atoms with Crippen LogP contribution in [0.15, 0.2) is 18.2 Å². The van der Waals surface area contributed by atoms with E-state index in [1.165, 1.54) is 6.07 Å². The zero-order valence-corrected chi connectivity index (χ0v) is 9.70. The molecule has 2 rings (SSSR count). The lowest BCUT2D eigenvalue weighted by atomic mass is 10.3. The fourth-order valence-corrected chi connectivity index (χ4v) is 1.96. The number of benzene rings is 1. The van der Waals surface area contributed by atoms with Gasteiger partial charge in [-0.05, 0) is 18.6 Å². The van der Waals surface area contributed by atoms with Crippen LogP contribution in [0.3, 0.4) is 0 Å². The van der Waals surface area contributed by atoms with Gasteiger partial charge >= 0.3 is 0 Å². The number of aliphatic hydroxyl groups is 1. The van der Waals surface area contributed by atoms with Gasteiger partial charge in [-0.15, -0.1) is 0 Å². The van der Waals surface area contributed by atoms with Crippen molar-refractivity contribution < 1.29 is 18.7 Å². The van der Waals surface area contributed by atoms with E-state index in [-0.39, 0.29) is 6.54 Å². The molecule has 0 radical (unpaired) electrons. The number of carbonyl (C=O) groups is 1. The van der Waals surface area contributed by atoms with E-state index in [0.29, 0.717) is 19.5 Å². The minimum Gasteiger partial charge on any atom is -0.392 e. The van der Waals surface area contributed by atoms with Gasteiger partial charge in [0.25, 0.3) is 0 Å². The van der Waals surface area contributed by atoms with E-state index in [1.54, 1.807) is 4.90 Å². The maximum Gasteiger partial charge on any atom is 0.238 e. The first kappa shape index (κ1) is 12.9. The lowest BCUT2D eigenvalue weighted by molar-refractivity contribution is -0.117. The largest absolute Gasteiger partial charge is 0.392 e. The smallest absolute Gasteiger partial charge is 0.238 e. The van der Waals surface area contributed by atoms with Gasteiger partial charge in [0.1, 0.15) is 17.3 Å². The molecule has 18 heavy (non-hydrogen) atoms. The highest BCUT2D eigenvalue weighted by molar-refractivity contribution is 5.92. The summed E-state index contributed by atoms with van der Waals surface area (Å²) in [4.78, 5) is 13.3. The number of amides is 1. The van der Waals surface area contributed by atoms with Crippen LogP contribution in [0, 0.1) is 11.6 Å². The Bertz CT molecular complexity index is 433. The third-order valence-electron chi connectivity index (χ3n) is 2.84. The van der Waals surface area contributed by atoms with Crippen LogP contribution < -0.4 is 5.32 Å². The molecule has 4 nitrogen and oxygen atoms in total. The van der Waals surface area contributed by atoms with E-state index in [4.69, 9.17) is 0 Å². The van der Waals surface area contributed by atoms with E-state index >= 15 is 0 Å². The van der Waals surface area contributed by atoms with Crippen molar-refractivity contribution >= 4 is 11.6 Å². The van der Waals surface area contributed by atoms with Gasteiger partial charge in [0.15, 0.2) is 0 Å². The van der Waals surface area contributed by atoms with Gasteiger partial charge < -0.3 is 10.4 Å². The van der Waals surface area contributed by atoms with E-state index in [0.717, 1.165) is 12.1 Å². The third-order valence-corrected chi connectivity index (χ3v) is 2.84. The molecule has 2 N–H and O–H groups in total. The fraction of sp³-hybridized carbons (Fsp3) is 0.417. The van der Waals surface area contributed by atoms with Gasteiger partial charge in [0.2, 0.25) is 5.91 Å². The van der Waals surface area contributed by atoms with Crippen molar-refractivity contribution in [2.45, 2.75) is 12.5 Å². The van der Waals surface area contributed by atoms with E-state index in [1.807, 2.05) is 0 Å². The standard InChI is InChI=1S/C12H14F2N2O2/c13-9-2-1-3-10(14)12(9)15-11(18)7-16-5-4-8(17)6-16/h1-3,8,17H,4-7H2,(H,15,18)/t8-/m0/s1. The second kappa shape index (κ2) is 5.41. The molecule has 0 spiro atoms. The number of hydrogen-bond donors (Lipinski definition) is 2. The van der Waals surface area contributed by atoms with Crippen molar-refractivity contribution in [3.63, 3.8) is 0 Å². The maximum atomic E-state index is 13.3. The Kier molecular flexibility index (Phi) is 3.88. The number of aliphatic hydroxyl groups excluding tert-OH is 1. The second-order valence-corrected chi connectivity index (χ2v) is 4.32. The van der Waals surface area contributed by atoms with Crippen LogP contribution in [0.5, 0.6) is 0 Å².